The summed E-state index contributed by atoms with van der Waals surface area (Å²) >= 11 is 0. The average molecular weight is 713 g/mol. The monoisotopic (exact) mass is 712 g/mol. The van der Waals surface area contributed by atoms with E-state index in [-0.39, 0.29) is 41.5 Å². The van der Waals surface area contributed by atoms with Gasteiger partial charge in [-0.2, -0.15) is 0 Å². The molecule has 14 nitrogen and oxygen atoms in total. The van der Waals surface area contributed by atoms with Gasteiger partial charge in [0.15, 0.2) is 0 Å². The van der Waals surface area contributed by atoms with Crippen LogP contribution in [-0.2, 0) is 21.6 Å². The molecule has 4 amide bonds. The van der Waals surface area contributed by atoms with Crippen molar-refractivity contribution in [2.75, 3.05) is 5.32 Å². The molecule has 5 aromatic rings. The van der Waals surface area contributed by atoms with Crippen LogP contribution in [0.2, 0.25) is 0 Å². The summed E-state index contributed by atoms with van der Waals surface area (Å²) < 4.78 is 13.9. The van der Waals surface area contributed by atoms with Crippen LogP contribution in [0.25, 0.3) is 5.95 Å². The number of amides is 4. The number of piperidine rings is 1. The smallest absolute Gasteiger partial charge is 0.262 e. The summed E-state index contributed by atoms with van der Waals surface area (Å²) in [7, 11) is 0. The number of ether oxygens (including phenoxy) is 2. The highest BCUT2D eigenvalue weighted by atomic mass is 16.5. The summed E-state index contributed by atoms with van der Waals surface area (Å²) in [4.78, 5) is 59.8. The molecule has 53 heavy (non-hydrogen) atoms. The maximum Gasteiger partial charge on any atom is 0.262 e. The summed E-state index contributed by atoms with van der Waals surface area (Å²) in [5, 5.41) is 13.3. The molecule has 1 unspecified atom stereocenters. The van der Waals surface area contributed by atoms with E-state index in [1.807, 2.05) is 30.3 Å². The number of nitrogens with zero attached hydrogens (tertiary/aromatic N) is 6. The Balaban J connectivity index is 0.823. The molecular formula is C39H36N8O6. The number of anilines is 1. The number of imide groups is 2. The Hall–Kier alpha value is -6.44. The molecule has 3 aromatic carbocycles. The predicted octanol–water partition coefficient (Wildman–Crippen LogP) is 4.39. The fourth-order valence-electron chi connectivity index (χ4n) is 6.90. The molecule has 0 radical (unpaired) electrons. The highest BCUT2D eigenvalue weighted by molar-refractivity contribution is 6.23. The zero-order valence-electron chi connectivity index (χ0n) is 29.1. The fraction of sp³-hybridized carbons (Fsp3) is 0.282. The summed E-state index contributed by atoms with van der Waals surface area (Å²) in [6.07, 6.45) is 6.55. The van der Waals surface area contributed by atoms with Gasteiger partial charge in [0.1, 0.15) is 42.9 Å². The Bertz CT molecular complexity index is 2200. The van der Waals surface area contributed by atoms with Crippen LogP contribution < -0.4 is 20.1 Å². The van der Waals surface area contributed by atoms with Gasteiger partial charge in [0.2, 0.25) is 17.8 Å². The van der Waals surface area contributed by atoms with Crippen molar-refractivity contribution < 1.29 is 28.7 Å². The highest BCUT2D eigenvalue weighted by Gasteiger charge is 2.45. The van der Waals surface area contributed by atoms with E-state index in [1.165, 1.54) is 0 Å². The van der Waals surface area contributed by atoms with E-state index in [9.17, 15) is 19.2 Å². The number of aromatic nitrogens is 5. The maximum absolute atomic E-state index is 13.2. The third-order valence-electron chi connectivity index (χ3n) is 10.1. The number of carbonyl (C=O) groups excluding carboxylic acids is 4. The first kappa shape index (κ1) is 33.7. The Morgan fingerprint density at radius 1 is 0.849 bits per heavy atom. The fourth-order valence-corrected chi connectivity index (χ4v) is 6.90. The second kappa shape index (κ2) is 13.6. The first-order valence-corrected chi connectivity index (χ1v) is 17.4. The lowest BCUT2D eigenvalue weighted by atomic mass is 9.78. The lowest BCUT2D eigenvalue weighted by Gasteiger charge is -2.36. The first-order valence-electron chi connectivity index (χ1n) is 17.4. The molecule has 2 fully saturated rings. The zero-order chi connectivity index (χ0) is 36.7. The van der Waals surface area contributed by atoms with E-state index in [0.29, 0.717) is 18.2 Å². The van der Waals surface area contributed by atoms with Crippen LogP contribution in [0, 0.1) is 0 Å². The minimum atomic E-state index is -0.988. The summed E-state index contributed by atoms with van der Waals surface area (Å²) in [5.74, 6) is -0.0544. The van der Waals surface area contributed by atoms with Crippen molar-refractivity contribution in [2.45, 2.75) is 69.7 Å². The molecule has 3 aliphatic rings. The second-order valence-corrected chi connectivity index (χ2v) is 13.9. The van der Waals surface area contributed by atoms with Gasteiger partial charge in [-0.05, 0) is 66.1 Å². The quantitative estimate of drug-likeness (QED) is 0.186. The molecule has 2 aromatic heterocycles. The lowest BCUT2D eigenvalue weighted by molar-refractivity contribution is -0.136. The number of rotatable bonds is 11. The summed E-state index contributed by atoms with van der Waals surface area (Å²) in [6.45, 7) is 4.66. The predicted molar refractivity (Wildman–Crippen MR) is 190 cm³/mol. The SMILES string of the molecule is CC(C)(c1ccc(OCc2ccnc(-n3cnnc3)n2)cc1)c1ccc(OC2CC(Nc3ccc4c(c3)C(=O)N(C3CCC(=O)NC3=O)C4=O)C2)cc1. The number of hydrogen-bond acceptors (Lipinski definition) is 11. The van der Waals surface area contributed by atoms with E-state index in [2.05, 4.69) is 68.9 Å². The van der Waals surface area contributed by atoms with Gasteiger partial charge in [-0.3, -0.25) is 34.0 Å². The third kappa shape index (κ3) is 6.70. The number of fused-ring (bicyclic) bond motifs is 1. The van der Waals surface area contributed by atoms with Crippen LogP contribution in [-0.4, -0.2) is 71.4 Å². The van der Waals surface area contributed by atoms with Gasteiger partial charge in [-0.25, -0.2) is 9.97 Å². The minimum Gasteiger partial charge on any atom is -0.490 e. The van der Waals surface area contributed by atoms with Gasteiger partial charge in [0, 0.05) is 42.6 Å². The molecule has 4 heterocycles. The molecule has 1 saturated heterocycles. The minimum absolute atomic E-state index is 0.0383. The van der Waals surface area contributed by atoms with Crippen LogP contribution >= 0.6 is 0 Å². The second-order valence-electron chi connectivity index (χ2n) is 13.9. The average Bonchev–Trinajstić information content (AvgIpc) is 3.77. The van der Waals surface area contributed by atoms with Gasteiger partial charge >= 0.3 is 0 Å². The van der Waals surface area contributed by atoms with Gasteiger partial charge in [0.25, 0.3) is 11.8 Å². The van der Waals surface area contributed by atoms with E-state index in [0.717, 1.165) is 46.1 Å². The van der Waals surface area contributed by atoms with Gasteiger partial charge in [-0.15, -0.1) is 10.2 Å². The molecule has 2 aliphatic heterocycles. The van der Waals surface area contributed by atoms with Crippen LogP contribution in [0.1, 0.15) is 77.1 Å². The third-order valence-corrected chi connectivity index (χ3v) is 10.1. The number of hydrogen-bond donors (Lipinski definition) is 2. The van der Waals surface area contributed by atoms with Crippen molar-refractivity contribution in [1.29, 1.82) is 0 Å². The number of nitrogens with one attached hydrogen (secondary N) is 2. The van der Waals surface area contributed by atoms with Crippen LogP contribution in [0.15, 0.2) is 91.6 Å². The van der Waals surface area contributed by atoms with Gasteiger partial charge in [0.05, 0.1) is 16.8 Å². The van der Waals surface area contributed by atoms with E-state index in [1.54, 1.807) is 41.6 Å². The Morgan fingerprint density at radius 2 is 1.53 bits per heavy atom. The summed E-state index contributed by atoms with van der Waals surface area (Å²) in [6, 6.07) is 22.3. The van der Waals surface area contributed by atoms with Gasteiger partial charge < -0.3 is 14.8 Å². The molecule has 0 bridgehead atoms. The topological polar surface area (TPSA) is 171 Å². The van der Waals surface area contributed by atoms with Crippen LogP contribution in [0.4, 0.5) is 5.69 Å². The van der Waals surface area contributed by atoms with Crippen molar-refractivity contribution >= 4 is 29.3 Å². The standard InChI is InChI=1S/C39H36N8O6/c1-39(2,23-3-8-28(9-4-23)52-20-26-15-16-40-38(44-26)46-21-41-42-22-46)24-5-10-29(11-6-24)53-30-17-27(18-30)43-25-7-12-31-32(19-25)37(51)47(36(31)50)33-13-14-34(48)45-35(33)49/h3-12,15-16,19,21-22,27,30,33,43H,13-14,17-18,20H2,1-2H3,(H,45,48,49). The molecule has 2 N–H and O–H groups in total. The molecule has 8 rings (SSSR count). The molecule has 0 spiro atoms. The van der Waals surface area contributed by atoms with Crippen molar-refractivity contribution in [3.63, 3.8) is 0 Å². The normalized spacial score (nSPS) is 19.7. The molecule has 1 saturated carbocycles. The lowest BCUT2D eigenvalue weighted by Crippen LogP contribution is -2.54. The van der Waals surface area contributed by atoms with Crippen molar-refractivity contribution in [3.05, 3.63) is 120 Å². The van der Waals surface area contributed by atoms with E-state index < -0.39 is 29.7 Å². The molecule has 1 atom stereocenters. The summed E-state index contributed by atoms with van der Waals surface area (Å²) in [5.41, 5.74) is 3.99. The Labute approximate surface area is 304 Å². The van der Waals surface area contributed by atoms with Crippen molar-refractivity contribution in [1.82, 2.24) is 34.9 Å². The van der Waals surface area contributed by atoms with Crippen LogP contribution in [0.5, 0.6) is 11.5 Å². The zero-order valence-corrected chi connectivity index (χ0v) is 29.1. The van der Waals surface area contributed by atoms with E-state index in [4.69, 9.17) is 9.47 Å². The van der Waals surface area contributed by atoms with E-state index >= 15 is 0 Å². The Kier molecular flexibility index (Phi) is 8.64. The largest absolute Gasteiger partial charge is 0.490 e. The maximum atomic E-state index is 13.2. The molecule has 1 aliphatic carbocycles. The molecule has 14 heteroatoms. The Morgan fingerprint density at radius 3 is 2.23 bits per heavy atom. The van der Waals surface area contributed by atoms with Crippen molar-refractivity contribution in [3.8, 4) is 17.4 Å². The number of carbonyl (C=O) groups is 4. The number of benzene rings is 3. The highest BCUT2D eigenvalue weighted by Crippen LogP contribution is 2.36. The molecular weight excluding hydrogens is 676 g/mol. The van der Waals surface area contributed by atoms with Crippen molar-refractivity contribution in [2.24, 2.45) is 0 Å². The van der Waals surface area contributed by atoms with Crippen LogP contribution in [0.3, 0.4) is 0 Å². The van der Waals surface area contributed by atoms with Gasteiger partial charge in [-0.1, -0.05) is 38.1 Å². The first-order chi connectivity index (χ1) is 25.6. The molecule has 268 valence electrons.